The van der Waals surface area contributed by atoms with Crippen LogP contribution in [0.1, 0.15) is 29.8 Å². The van der Waals surface area contributed by atoms with Crippen LogP contribution < -0.4 is 11.4 Å². The van der Waals surface area contributed by atoms with Crippen LogP contribution >= 0.6 is 11.6 Å². The Balaban J connectivity index is 2.06. The summed E-state index contributed by atoms with van der Waals surface area (Å²) in [4.78, 5) is 29.0. The molecule has 0 N–H and O–H groups in total. The smallest absolute Gasteiger partial charge is 0.372 e. The van der Waals surface area contributed by atoms with E-state index in [2.05, 4.69) is 4.98 Å². The molecule has 0 unspecified atom stereocenters. The van der Waals surface area contributed by atoms with Crippen molar-refractivity contribution in [2.75, 3.05) is 0 Å². The first-order valence-electron chi connectivity index (χ1n) is 8.56. The molecule has 0 aliphatic heterocycles. The number of nitrogens with zero attached hydrogens (tertiary/aromatic N) is 3. The molecule has 0 fully saturated rings. The Hall–Kier alpha value is -3.43. The summed E-state index contributed by atoms with van der Waals surface area (Å²) in [6.07, 6.45) is 0. The molecule has 6 nitrogen and oxygen atoms in total. The highest BCUT2D eigenvalue weighted by atomic mass is 35.5. The molecule has 138 valence electrons. The molecule has 0 saturated heterocycles. The predicted octanol–water partition coefficient (Wildman–Crippen LogP) is 3.95. The van der Waals surface area contributed by atoms with E-state index in [9.17, 15) is 14.9 Å². The molecular formula is C21H14ClN3O3. The topological polar surface area (TPSA) is 88.9 Å². The van der Waals surface area contributed by atoms with E-state index in [0.29, 0.717) is 16.4 Å². The van der Waals surface area contributed by atoms with Crippen molar-refractivity contribution in [2.45, 2.75) is 19.9 Å². The summed E-state index contributed by atoms with van der Waals surface area (Å²) in [5.74, 6) is -0.737. The molecule has 0 bridgehead atoms. The zero-order valence-corrected chi connectivity index (χ0v) is 15.8. The average molecular weight is 392 g/mol. The van der Waals surface area contributed by atoms with Gasteiger partial charge < -0.3 is 4.42 Å². The summed E-state index contributed by atoms with van der Waals surface area (Å²) < 4.78 is 6.38. The third kappa shape index (κ3) is 2.77. The molecular weight excluding hydrogens is 378 g/mol. The predicted molar refractivity (Wildman–Crippen MR) is 107 cm³/mol. The lowest BCUT2D eigenvalue weighted by Gasteiger charge is -2.19. The maximum absolute atomic E-state index is 12.6. The average Bonchev–Trinajstić information content (AvgIpc) is 2.67. The number of rotatable bonds is 2. The van der Waals surface area contributed by atoms with Crippen LogP contribution in [0.2, 0.25) is 5.02 Å². The first kappa shape index (κ1) is 18.0. The van der Waals surface area contributed by atoms with Crippen molar-refractivity contribution in [3.8, 4) is 6.07 Å². The van der Waals surface area contributed by atoms with Crippen LogP contribution in [0.3, 0.4) is 0 Å². The van der Waals surface area contributed by atoms with Gasteiger partial charge in [0.2, 0.25) is 0 Å². The fraction of sp³-hybridized carbons (Fsp3) is 0.143. The van der Waals surface area contributed by atoms with E-state index in [1.54, 1.807) is 30.3 Å². The molecule has 0 aliphatic rings. The van der Waals surface area contributed by atoms with Crippen LogP contribution in [0.5, 0.6) is 0 Å². The minimum absolute atomic E-state index is 0.145. The van der Waals surface area contributed by atoms with E-state index in [1.807, 2.05) is 32.0 Å². The molecule has 0 radical (unpaired) electrons. The van der Waals surface area contributed by atoms with Gasteiger partial charge in [-0.1, -0.05) is 29.8 Å². The van der Waals surface area contributed by atoms with Crippen LogP contribution in [0, 0.1) is 18.3 Å². The number of aromatic nitrogens is 2. The van der Waals surface area contributed by atoms with Gasteiger partial charge in [0.05, 0.1) is 27.5 Å². The third-order valence-corrected chi connectivity index (χ3v) is 5.06. The third-order valence-electron chi connectivity index (χ3n) is 4.77. The molecule has 28 heavy (non-hydrogen) atoms. The van der Waals surface area contributed by atoms with Gasteiger partial charge >= 0.3 is 11.4 Å². The van der Waals surface area contributed by atoms with Crippen molar-refractivity contribution < 1.29 is 4.42 Å². The molecule has 2 aromatic heterocycles. The number of fused-ring (bicyclic) bond motifs is 2. The van der Waals surface area contributed by atoms with Gasteiger partial charge in [-0.15, -0.1) is 0 Å². The lowest BCUT2D eigenvalue weighted by atomic mass is 9.98. The van der Waals surface area contributed by atoms with E-state index in [0.717, 1.165) is 16.5 Å². The Morgan fingerprint density at radius 2 is 1.93 bits per heavy atom. The normalized spacial score (nSPS) is 12.2. The van der Waals surface area contributed by atoms with Gasteiger partial charge in [-0.05, 0) is 49.2 Å². The Kier molecular flexibility index (Phi) is 4.25. The monoisotopic (exact) mass is 391 g/mol. The summed E-state index contributed by atoms with van der Waals surface area (Å²) >= 11 is 6.20. The standard InChI is InChI=1S/C21H14ClN3O3/c1-11-7-14(15-9-16(22)18(10-23)24-17(15)8-11)12(2)25-19-6-4-3-5-13(19)20(26)28-21(25)27/h3-9,12H,1-2H3/t12-/m1/s1. The second-order valence-electron chi connectivity index (χ2n) is 6.57. The zero-order valence-electron chi connectivity index (χ0n) is 15.1. The lowest BCUT2D eigenvalue weighted by molar-refractivity contribution is 0.406. The summed E-state index contributed by atoms with van der Waals surface area (Å²) in [5, 5.41) is 10.5. The highest BCUT2D eigenvalue weighted by Crippen LogP contribution is 2.31. The number of nitriles is 1. The molecule has 4 rings (SSSR count). The fourth-order valence-electron chi connectivity index (χ4n) is 3.49. The number of pyridine rings is 1. The molecule has 4 aromatic rings. The molecule has 0 spiro atoms. The van der Waals surface area contributed by atoms with Crippen LogP contribution in [0.15, 0.2) is 56.5 Å². The maximum Gasteiger partial charge on any atom is 0.422 e. The van der Waals surface area contributed by atoms with E-state index >= 15 is 0 Å². The summed E-state index contributed by atoms with van der Waals surface area (Å²) in [6, 6.07) is 13.8. The quantitative estimate of drug-likeness (QED) is 0.516. The van der Waals surface area contributed by atoms with Gasteiger partial charge in [0, 0.05) is 5.39 Å². The number of aryl methyl sites for hydroxylation is 1. The molecule has 2 aromatic carbocycles. The van der Waals surface area contributed by atoms with Crippen LogP contribution in [-0.2, 0) is 0 Å². The number of hydrogen-bond acceptors (Lipinski definition) is 5. The summed E-state index contributed by atoms with van der Waals surface area (Å²) in [6.45, 7) is 3.75. The van der Waals surface area contributed by atoms with Crippen molar-refractivity contribution in [1.29, 1.82) is 5.26 Å². The SMILES string of the molecule is Cc1cc([C@@H](C)n2c(=O)oc(=O)c3ccccc32)c2cc(Cl)c(C#N)nc2c1. The Labute approximate surface area is 164 Å². The zero-order chi connectivity index (χ0) is 20.0. The Morgan fingerprint density at radius 3 is 2.68 bits per heavy atom. The molecule has 2 heterocycles. The van der Waals surface area contributed by atoms with Crippen molar-refractivity contribution >= 4 is 33.4 Å². The largest absolute Gasteiger partial charge is 0.422 e. The highest BCUT2D eigenvalue weighted by molar-refractivity contribution is 6.32. The lowest BCUT2D eigenvalue weighted by Crippen LogP contribution is -2.28. The number of halogens is 1. The van der Waals surface area contributed by atoms with Gasteiger partial charge in [0.15, 0.2) is 5.69 Å². The fourth-order valence-corrected chi connectivity index (χ4v) is 3.69. The second-order valence-corrected chi connectivity index (χ2v) is 6.98. The van der Waals surface area contributed by atoms with Crippen LogP contribution in [0.25, 0.3) is 21.8 Å². The van der Waals surface area contributed by atoms with Crippen molar-refractivity contribution in [2.24, 2.45) is 0 Å². The van der Waals surface area contributed by atoms with Gasteiger partial charge in [0.25, 0.3) is 0 Å². The van der Waals surface area contributed by atoms with Crippen molar-refractivity contribution in [1.82, 2.24) is 9.55 Å². The number of para-hydroxylation sites is 1. The minimum atomic E-state index is -0.737. The first-order chi connectivity index (χ1) is 13.4. The molecule has 0 amide bonds. The van der Waals surface area contributed by atoms with E-state index in [4.69, 9.17) is 16.0 Å². The maximum atomic E-state index is 12.6. The molecule has 1 atom stereocenters. The molecule has 7 heteroatoms. The Morgan fingerprint density at radius 1 is 1.18 bits per heavy atom. The van der Waals surface area contributed by atoms with E-state index < -0.39 is 17.4 Å². The van der Waals surface area contributed by atoms with Crippen LogP contribution in [0.4, 0.5) is 0 Å². The van der Waals surface area contributed by atoms with Crippen LogP contribution in [-0.4, -0.2) is 9.55 Å². The van der Waals surface area contributed by atoms with E-state index in [1.165, 1.54) is 4.57 Å². The van der Waals surface area contributed by atoms with Gasteiger partial charge in [-0.3, -0.25) is 4.57 Å². The highest BCUT2D eigenvalue weighted by Gasteiger charge is 2.19. The summed E-state index contributed by atoms with van der Waals surface area (Å²) in [5.41, 5.74) is 2.28. The van der Waals surface area contributed by atoms with E-state index in [-0.39, 0.29) is 10.7 Å². The second kappa shape index (κ2) is 6.63. The first-order valence-corrected chi connectivity index (χ1v) is 8.94. The van der Waals surface area contributed by atoms with Gasteiger partial charge in [-0.25, -0.2) is 14.6 Å². The van der Waals surface area contributed by atoms with Gasteiger partial charge in [0.1, 0.15) is 6.07 Å². The van der Waals surface area contributed by atoms with Crippen molar-refractivity contribution in [3.05, 3.63) is 85.3 Å². The molecule has 0 aliphatic carbocycles. The Bertz CT molecular complexity index is 1410. The summed E-state index contributed by atoms with van der Waals surface area (Å²) in [7, 11) is 0. The minimum Gasteiger partial charge on any atom is -0.372 e. The number of hydrogen-bond donors (Lipinski definition) is 0. The van der Waals surface area contributed by atoms with Gasteiger partial charge in [-0.2, -0.15) is 5.26 Å². The number of benzene rings is 2. The molecule has 0 saturated carbocycles. The van der Waals surface area contributed by atoms with Crippen molar-refractivity contribution in [3.63, 3.8) is 0 Å².